The van der Waals surface area contributed by atoms with Gasteiger partial charge in [-0.25, -0.2) is 0 Å². The zero-order valence-corrected chi connectivity index (χ0v) is 15.1. The first-order valence-corrected chi connectivity index (χ1v) is 8.02. The average Bonchev–Trinajstić information content (AvgIpc) is 2.64. The number of rotatable bonds is 8. The molecule has 0 atom stereocenters. The number of anilines is 2. The van der Waals surface area contributed by atoms with Gasteiger partial charge in [0.15, 0.2) is 11.5 Å². The van der Waals surface area contributed by atoms with Gasteiger partial charge >= 0.3 is 0 Å². The van der Waals surface area contributed by atoms with Crippen LogP contribution in [0, 0.1) is 0 Å². The smallest absolute Gasteiger partial charge is 0.239 e. The molecule has 2 aromatic carbocycles. The van der Waals surface area contributed by atoms with Gasteiger partial charge in [0.25, 0.3) is 0 Å². The van der Waals surface area contributed by atoms with E-state index >= 15 is 0 Å². The van der Waals surface area contributed by atoms with E-state index in [1.54, 1.807) is 14.2 Å². The molecule has 0 aliphatic carbocycles. The number of amides is 1. The Hall–Kier alpha value is -2.89. The van der Waals surface area contributed by atoms with E-state index in [4.69, 9.17) is 9.47 Å². The summed E-state index contributed by atoms with van der Waals surface area (Å²) in [6.07, 6.45) is 0. The lowest BCUT2D eigenvalue weighted by molar-refractivity contribution is -0.119. The molecule has 134 valence electrons. The molecule has 0 unspecified atom stereocenters. The van der Waals surface area contributed by atoms with Gasteiger partial charge in [0.1, 0.15) is 0 Å². The summed E-state index contributed by atoms with van der Waals surface area (Å²) < 4.78 is 10.5. The summed E-state index contributed by atoms with van der Waals surface area (Å²) in [5, 5.41) is 5.99. The first-order chi connectivity index (χ1) is 12.0. The third kappa shape index (κ3) is 5.31. The highest BCUT2D eigenvalue weighted by atomic mass is 16.5. The lowest BCUT2D eigenvalue weighted by Gasteiger charge is -2.13. The molecule has 0 aliphatic heterocycles. The van der Waals surface area contributed by atoms with Crippen molar-refractivity contribution in [2.24, 2.45) is 0 Å². The van der Waals surface area contributed by atoms with Gasteiger partial charge < -0.3 is 25.0 Å². The first-order valence-electron chi connectivity index (χ1n) is 8.02. The topological polar surface area (TPSA) is 62.8 Å². The zero-order chi connectivity index (χ0) is 18.2. The highest BCUT2D eigenvalue weighted by Gasteiger charge is 2.06. The largest absolute Gasteiger partial charge is 0.493 e. The van der Waals surface area contributed by atoms with Gasteiger partial charge in [-0.3, -0.25) is 4.79 Å². The normalized spacial score (nSPS) is 10.1. The van der Waals surface area contributed by atoms with E-state index in [9.17, 15) is 4.79 Å². The van der Waals surface area contributed by atoms with Gasteiger partial charge in [0, 0.05) is 32.0 Å². The van der Waals surface area contributed by atoms with Crippen molar-refractivity contribution in [1.82, 2.24) is 5.32 Å². The molecule has 0 aromatic heterocycles. The predicted octanol–water partition coefficient (Wildman–Crippen LogP) is 2.50. The van der Waals surface area contributed by atoms with Crippen molar-refractivity contribution in [2.45, 2.75) is 6.54 Å². The second-order valence-corrected chi connectivity index (χ2v) is 5.76. The van der Waals surface area contributed by atoms with Crippen LogP contribution in [-0.2, 0) is 11.3 Å². The van der Waals surface area contributed by atoms with E-state index in [1.165, 1.54) is 0 Å². The molecule has 2 N–H and O–H groups in total. The van der Waals surface area contributed by atoms with Crippen LogP contribution in [0.25, 0.3) is 0 Å². The van der Waals surface area contributed by atoms with Crippen LogP contribution in [-0.4, -0.2) is 40.8 Å². The fourth-order valence-electron chi connectivity index (χ4n) is 2.31. The Balaban J connectivity index is 1.82. The summed E-state index contributed by atoms with van der Waals surface area (Å²) in [6.45, 7) is 0.648. The lowest BCUT2D eigenvalue weighted by Crippen LogP contribution is -2.29. The van der Waals surface area contributed by atoms with E-state index in [2.05, 4.69) is 10.6 Å². The summed E-state index contributed by atoms with van der Waals surface area (Å²) in [7, 11) is 7.16. The second-order valence-electron chi connectivity index (χ2n) is 5.76. The van der Waals surface area contributed by atoms with Crippen LogP contribution >= 0.6 is 0 Å². The highest BCUT2D eigenvalue weighted by molar-refractivity contribution is 5.80. The minimum Gasteiger partial charge on any atom is -0.493 e. The number of carbonyl (C=O) groups excluding carboxylic acids is 1. The van der Waals surface area contributed by atoms with Crippen molar-refractivity contribution in [1.29, 1.82) is 0 Å². The summed E-state index contributed by atoms with van der Waals surface area (Å²) in [6, 6.07) is 13.5. The van der Waals surface area contributed by atoms with Crippen molar-refractivity contribution in [3.05, 3.63) is 48.0 Å². The van der Waals surface area contributed by atoms with E-state index < -0.39 is 0 Å². The number of ether oxygens (including phenoxy) is 2. The number of hydrogen-bond acceptors (Lipinski definition) is 5. The molecule has 1 amide bonds. The van der Waals surface area contributed by atoms with Crippen LogP contribution in [0.15, 0.2) is 42.5 Å². The third-order valence-electron chi connectivity index (χ3n) is 3.77. The van der Waals surface area contributed by atoms with E-state index in [1.807, 2.05) is 61.5 Å². The van der Waals surface area contributed by atoms with Gasteiger partial charge in [-0.05, 0) is 42.0 Å². The molecular weight excluding hydrogens is 318 g/mol. The van der Waals surface area contributed by atoms with Gasteiger partial charge in [0.05, 0.1) is 20.8 Å². The van der Waals surface area contributed by atoms with E-state index in [-0.39, 0.29) is 12.5 Å². The maximum absolute atomic E-state index is 12.0. The van der Waals surface area contributed by atoms with Gasteiger partial charge in [-0.1, -0.05) is 6.07 Å². The van der Waals surface area contributed by atoms with Crippen LogP contribution in [0.3, 0.4) is 0 Å². The van der Waals surface area contributed by atoms with Gasteiger partial charge in [-0.2, -0.15) is 0 Å². The van der Waals surface area contributed by atoms with Crippen LogP contribution < -0.4 is 25.0 Å². The molecule has 2 aromatic rings. The fraction of sp³-hybridized carbons (Fsp3) is 0.316. The van der Waals surface area contributed by atoms with Crippen LogP contribution in [0.5, 0.6) is 11.5 Å². The van der Waals surface area contributed by atoms with Gasteiger partial charge in [0.2, 0.25) is 5.91 Å². The summed E-state index contributed by atoms with van der Waals surface area (Å²) >= 11 is 0. The second kappa shape index (κ2) is 8.82. The molecule has 0 bridgehead atoms. The number of benzene rings is 2. The molecular formula is C19H25N3O3. The molecule has 2 rings (SSSR count). The standard InChI is InChI=1S/C19H25N3O3/c1-22(2)16-8-6-15(7-9-16)20-13-19(23)21-12-14-5-10-17(24-3)18(11-14)25-4/h5-11,20H,12-13H2,1-4H3,(H,21,23). The molecule has 6 heteroatoms. The summed E-state index contributed by atoms with van der Waals surface area (Å²) in [4.78, 5) is 14.0. The number of hydrogen-bond donors (Lipinski definition) is 2. The van der Waals surface area contributed by atoms with Crippen molar-refractivity contribution in [2.75, 3.05) is 45.1 Å². The monoisotopic (exact) mass is 343 g/mol. The Morgan fingerprint density at radius 1 is 1.00 bits per heavy atom. The Morgan fingerprint density at radius 2 is 1.68 bits per heavy atom. The molecule has 0 fully saturated rings. The van der Waals surface area contributed by atoms with Crippen LogP contribution in [0.4, 0.5) is 11.4 Å². The SMILES string of the molecule is COc1ccc(CNC(=O)CNc2ccc(N(C)C)cc2)cc1OC. The highest BCUT2D eigenvalue weighted by Crippen LogP contribution is 2.27. The van der Waals surface area contributed by atoms with Crippen molar-refractivity contribution < 1.29 is 14.3 Å². The molecule has 6 nitrogen and oxygen atoms in total. The quantitative estimate of drug-likeness (QED) is 0.771. The van der Waals surface area contributed by atoms with Crippen molar-refractivity contribution in [3.63, 3.8) is 0 Å². The Labute approximate surface area is 148 Å². The zero-order valence-electron chi connectivity index (χ0n) is 15.1. The maximum atomic E-state index is 12.0. The summed E-state index contributed by atoms with van der Waals surface area (Å²) in [5.74, 6) is 1.24. The molecule has 0 saturated carbocycles. The Morgan fingerprint density at radius 3 is 2.28 bits per heavy atom. The lowest BCUT2D eigenvalue weighted by atomic mass is 10.2. The average molecular weight is 343 g/mol. The minimum absolute atomic E-state index is 0.0773. The molecule has 0 radical (unpaired) electrons. The van der Waals surface area contributed by atoms with E-state index in [0.29, 0.717) is 18.0 Å². The number of nitrogens with one attached hydrogen (secondary N) is 2. The molecule has 0 heterocycles. The Bertz CT molecular complexity index is 700. The van der Waals surface area contributed by atoms with Gasteiger partial charge in [-0.15, -0.1) is 0 Å². The number of nitrogens with zero attached hydrogens (tertiary/aromatic N) is 1. The number of carbonyl (C=O) groups is 1. The third-order valence-corrected chi connectivity index (χ3v) is 3.77. The Kier molecular flexibility index (Phi) is 6.51. The van der Waals surface area contributed by atoms with Crippen molar-refractivity contribution >= 4 is 17.3 Å². The first kappa shape index (κ1) is 18.4. The fourth-order valence-corrected chi connectivity index (χ4v) is 2.31. The maximum Gasteiger partial charge on any atom is 0.239 e. The summed E-state index contributed by atoms with van der Waals surface area (Å²) in [5.41, 5.74) is 2.97. The minimum atomic E-state index is -0.0773. The predicted molar refractivity (Wildman–Crippen MR) is 101 cm³/mol. The molecule has 0 saturated heterocycles. The number of methoxy groups -OCH3 is 2. The van der Waals surface area contributed by atoms with Crippen molar-refractivity contribution in [3.8, 4) is 11.5 Å². The van der Waals surface area contributed by atoms with Crippen LogP contribution in [0.2, 0.25) is 0 Å². The van der Waals surface area contributed by atoms with Crippen LogP contribution in [0.1, 0.15) is 5.56 Å². The molecule has 0 spiro atoms. The molecule has 0 aliphatic rings. The molecule has 25 heavy (non-hydrogen) atoms. The van der Waals surface area contributed by atoms with E-state index in [0.717, 1.165) is 16.9 Å².